The molecule has 2 amide bonds. The monoisotopic (exact) mass is 433 g/mol. The molecule has 3 aromatic rings. The number of hydrogen-bond donors (Lipinski definition) is 2. The first-order valence-electron chi connectivity index (χ1n) is 9.75. The Balaban J connectivity index is 1.64. The van der Waals surface area contributed by atoms with Crippen molar-refractivity contribution in [2.24, 2.45) is 0 Å². The van der Waals surface area contributed by atoms with E-state index >= 15 is 0 Å². The molecule has 31 heavy (non-hydrogen) atoms. The topological polar surface area (TPSA) is 70.7 Å². The molecule has 0 aliphatic carbocycles. The van der Waals surface area contributed by atoms with Crippen LogP contribution >= 0.6 is 12.2 Å². The Labute approximate surface area is 186 Å². The summed E-state index contributed by atoms with van der Waals surface area (Å²) in [5.74, 6) is 0.0000540. The zero-order chi connectivity index (χ0) is 22.2. The largest absolute Gasteiger partial charge is 0.496 e. The standard InChI is InChI=1S/C24H23N3O3S/c1-3-27(19-9-5-4-6-10-19)23(29)17-13-15-18(16-14-17)25-24(31)26-22(28)20-11-7-8-12-21(20)30-2/h4-16H,3H2,1-2H3,(H2,25,26,28,31). The quantitative estimate of drug-likeness (QED) is 0.561. The van der Waals surface area contributed by atoms with Crippen molar-refractivity contribution in [1.29, 1.82) is 0 Å². The normalized spacial score (nSPS) is 10.1. The summed E-state index contributed by atoms with van der Waals surface area (Å²) in [5.41, 5.74) is 2.44. The molecule has 0 heterocycles. The lowest BCUT2D eigenvalue weighted by atomic mass is 10.1. The summed E-state index contributed by atoms with van der Waals surface area (Å²) < 4.78 is 5.20. The van der Waals surface area contributed by atoms with E-state index in [2.05, 4.69) is 10.6 Å². The number of ether oxygens (including phenoxy) is 1. The Morgan fingerprint density at radius 3 is 2.23 bits per heavy atom. The number of para-hydroxylation sites is 2. The van der Waals surface area contributed by atoms with E-state index in [1.54, 1.807) is 53.4 Å². The summed E-state index contributed by atoms with van der Waals surface area (Å²) in [6.45, 7) is 2.49. The van der Waals surface area contributed by atoms with E-state index in [-0.39, 0.29) is 16.9 Å². The molecule has 0 radical (unpaired) electrons. The second kappa shape index (κ2) is 10.4. The van der Waals surface area contributed by atoms with Gasteiger partial charge in [-0.3, -0.25) is 14.9 Å². The van der Waals surface area contributed by atoms with Gasteiger partial charge in [0, 0.05) is 23.5 Å². The fourth-order valence-corrected chi connectivity index (χ4v) is 3.28. The Hall–Kier alpha value is -3.71. The van der Waals surface area contributed by atoms with Crippen LogP contribution in [0.4, 0.5) is 11.4 Å². The van der Waals surface area contributed by atoms with E-state index in [0.29, 0.717) is 29.1 Å². The number of methoxy groups -OCH3 is 1. The third-order valence-electron chi connectivity index (χ3n) is 4.60. The number of nitrogens with one attached hydrogen (secondary N) is 2. The van der Waals surface area contributed by atoms with E-state index < -0.39 is 0 Å². The number of nitrogens with zero attached hydrogens (tertiary/aromatic N) is 1. The van der Waals surface area contributed by atoms with Gasteiger partial charge in [-0.05, 0) is 67.7 Å². The summed E-state index contributed by atoms with van der Waals surface area (Å²) in [4.78, 5) is 27.0. The molecule has 0 saturated carbocycles. The van der Waals surface area contributed by atoms with E-state index in [1.807, 2.05) is 37.3 Å². The van der Waals surface area contributed by atoms with Gasteiger partial charge in [-0.15, -0.1) is 0 Å². The lowest BCUT2D eigenvalue weighted by molar-refractivity contribution is 0.0971. The first kappa shape index (κ1) is 22.0. The van der Waals surface area contributed by atoms with Crippen LogP contribution in [0.25, 0.3) is 0 Å². The van der Waals surface area contributed by atoms with Gasteiger partial charge in [0.15, 0.2) is 5.11 Å². The molecule has 0 bridgehead atoms. The highest BCUT2D eigenvalue weighted by Gasteiger charge is 2.16. The molecular weight excluding hydrogens is 410 g/mol. The van der Waals surface area contributed by atoms with Crippen molar-refractivity contribution in [1.82, 2.24) is 5.32 Å². The highest BCUT2D eigenvalue weighted by Crippen LogP contribution is 2.19. The number of anilines is 2. The maximum Gasteiger partial charge on any atom is 0.261 e. The number of amides is 2. The number of carbonyl (C=O) groups is 2. The molecule has 158 valence electrons. The highest BCUT2D eigenvalue weighted by molar-refractivity contribution is 7.80. The van der Waals surface area contributed by atoms with Gasteiger partial charge in [0.05, 0.1) is 12.7 Å². The molecule has 3 aromatic carbocycles. The Kier molecular flexibility index (Phi) is 7.35. The minimum Gasteiger partial charge on any atom is -0.496 e. The molecule has 0 saturated heterocycles. The zero-order valence-corrected chi connectivity index (χ0v) is 18.1. The molecule has 0 atom stereocenters. The van der Waals surface area contributed by atoms with E-state index in [0.717, 1.165) is 5.69 Å². The van der Waals surface area contributed by atoms with Gasteiger partial charge in [0.25, 0.3) is 11.8 Å². The Morgan fingerprint density at radius 1 is 0.935 bits per heavy atom. The minimum absolute atomic E-state index is 0.0905. The Morgan fingerprint density at radius 2 is 1.58 bits per heavy atom. The van der Waals surface area contributed by atoms with Crippen molar-refractivity contribution in [2.45, 2.75) is 6.92 Å². The van der Waals surface area contributed by atoms with E-state index in [4.69, 9.17) is 17.0 Å². The van der Waals surface area contributed by atoms with Crippen molar-refractivity contribution in [2.75, 3.05) is 23.9 Å². The number of rotatable bonds is 6. The van der Waals surface area contributed by atoms with Crippen LogP contribution in [0.2, 0.25) is 0 Å². The summed E-state index contributed by atoms with van der Waals surface area (Å²) in [5, 5.41) is 5.73. The van der Waals surface area contributed by atoms with E-state index in [9.17, 15) is 9.59 Å². The summed E-state index contributed by atoms with van der Waals surface area (Å²) in [7, 11) is 1.50. The predicted molar refractivity (Wildman–Crippen MR) is 127 cm³/mol. The molecule has 3 rings (SSSR count). The lowest BCUT2D eigenvalue weighted by Gasteiger charge is -2.21. The molecule has 0 aromatic heterocycles. The SMILES string of the molecule is CCN(C(=O)c1ccc(NC(=S)NC(=O)c2ccccc2OC)cc1)c1ccccc1. The van der Waals surface area contributed by atoms with Crippen LogP contribution in [-0.4, -0.2) is 30.6 Å². The van der Waals surface area contributed by atoms with Crippen molar-refractivity contribution in [3.05, 3.63) is 90.0 Å². The van der Waals surface area contributed by atoms with Crippen molar-refractivity contribution in [3.8, 4) is 5.75 Å². The fraction of sp³-hybridized carbons (Fsp3) is 0.125. The number of hydrogen-bond acceptors (Lipinski definition) is 4. The second-order valence-corrected chi connectivity index (χ2v) is 6.98. The number of benzene rings is 3. The average Bonchev–Trinajstić information content (AvgIpc) is 2.80. The maximum atomic E-state index is 12.9. The van der Waals surface area contributed by atoms with Crippen molar-refractivity contribution >= 4 is 40.5 Å². The highest BCUT2D eigenvalue weighted by atomic mass is 32.1. The second-order valence-electron chi connectivity index (χ2n) is 6.57. The molecule has 0 unspecified atom stereocenters. The average molecular weight is 434 g/mol. The van der Waals surface area contributed by atoms with Crippen LogP contribution in [0.1, 0.15) is 27.6 Å². The van der Waals surface area contributed by atoms with E-state index in [1.165, 1.54) is 7.11 Å². The smallest absolute Gasteiger partial charge is 0.261 e. The zero-order valence-electron chi connectivity index (χ0n) is 17.3. The summed E-state index contributed by atoms with van der Waals surface area (Å²) in [6.07, 6.45) is 0. The summed E-state index contributed by atoms with van der Waals surface area (Å²) in [6, 6.07) is 23.4. The predicted octanol–water partition coefficient (Wildman–Crippen LogP) is 4.49. The summed E-state index contributed by atoms with van der Waals surface area (Å²) >= 11 is 5.24. The van der Waals surface area contributed by atoms with Gasteiger partial charge >= 0.3 is 0 Å². The van der Waals surface area contributed by atoms with Crippen molar-refractivity contribution < 1.29 is 14.3 Å². The van der Waals surface area contributed by atoms with Crippen LogP contribution in [-0.2, 0) is 0 Å². The maximum absolute atomic E-state index is 12.9. The van der Waals surface area contributed by atoms with Gasteiger partial charge < -0.3 is 15.0 Å². The van der Waals surface area contributed by atoms with Gasteiger partial charge in [-0.1, -0.05) is 30.3 Å². The number of carbonyl (C=O) groups excluding carboxylic acids is 2. The van der Waals surface area contributed by atoms with Gasteiger partial charge in [0.2, 0.25) is 0 Å². The molecule has 0 aliphatic heterocycles. The van der Waals surface area contributed by atoms with Crippen LogP contribution in [0.15, 0.2) is 78.9 Å². The van der Waals surface area contributed by atoms with Crippen LogP contribution < -0.4 is 20.3 Å². The van der Waals surface area contributed by atoms with Gasteiger partial charge in [-0.2, -0.15) is 0 Å². The van der Waals surface area contributed by atoms with Crippen LogP contribution in [0, 0.1) is 0 Å². The third-order valence-corrected chi connectivity index (χ3v) is 4.80. The molecular formula is C24H23N3O3S. The molecule has 7 heteroatoms. The van der Waals surface area contributed by atoms with Gasteiger partial charge in [0.1, 0.15) is 5.75 Å². The van der Waals surface area contributed by atoms with Crippen molar-refractivity contribution in [3.63, 3.8) is 0 Å². The minimum atomic E-state index is -0.372. The molecule has 2 N–H and O–H groups in total. The first-order valence-corrected chi connectivity index (χ1v) is 10.2. The molecule has 6 nitrogen and oxygen atoms in total. The molecule has 0 aliphatic rings. The third kappa shape index (κ3) is 5.46. The lowest BCUT2D eigenvalue weighted by Crippen LogP contribution is -2.34. The number of thiocarbonyl (C=S) groups is 1. The van der Waals surface area contributed by atoms with Crippen LogP contribution in [0.5, 0.6) is 5.75 Å². The molecule has 0 fully saturated rings. The molecule has 0 spiro atoms. The van der Waals surface area contributed by atoms with Gasteiger partial charge in [-0.25, -0.2) is 0 Å². The first-order chi connectivity index (χ1) is 15.0. The van der Waals surface area contributed by atoms with Crippen LogP contribution in [0.3, 0.4) is 0 Å². The Bertz CT molecular complexity index is 1070. The fourth-order valence-electron chi connectivity index (χ4n) is 3.07.